The summed E-state index contributed by atoms with van der Waals surface area (Å²) in [5.41, 5.74) is 0.223. The third kappa shape index (κ3) is 3.55. The van der Waals surface area contributed by atoms with Gasteiger partial charge >= 0.3 is 5.97 Å². The number of halogens is 1. The van der Waals surface area contributed by atoms with Crippen molar-refractivity contribution in [2.45, 2.75) is 44.0 Å². The van der Waals surface area contributed by atoms with Crippen LogP contribution in [-0.4, -0.2) is 25.6 Å². The summed E-state index contributed by atoms with van der Waals surface area (Å²) in [4.78, 5) is 11.9. The second kappa shape index (κ2) is 6.18. The lowest BCUT2D eigenvalue weighted by atomic mass is 9.83. The van der Waals surface area contributed by atoms with Crippen LogP contribution in [0.25, 0.3) is 0 Å². The quantitative estimate of drug-likeness (QED) is 0.597. The summed E-state index contributed by atoms with van der Waals surface area (Å²) < 4.78 is 29.3. The van der Waals surface area contributed by atoms with Gasteiger partial charge in [0.15, 0.2) is 0 Å². The molecule has 1 fully saturated rings. The van der Waals surface area contributed by atoms with Crippen molar-refractivity contribution in [1.82, 2.24) is 4.57 Å². The number of carbonyl (C=O) groups is 1. The van der Waals surface area contributed by atoms with Gasteiger partial charge in [0.25, 0.3) is 9.05 Å². The molecule has 5 nitrogen and oxygen atoms in total. The van der Waals surface area contributed by atoms with Crippen LogP contribution < -0.4 is 0 Å². The zero-order valence-corrected chi connectivity index (χ0v) is 12.9. The van der Waals surface area contributed by atoms with Gasteiger partial charge in [0.05, 0.1) is 6.61 Å². The van der Waals surface area contributed by atoms with Crippen molar-refractivity contribution < 1.29 is 17.9 Å². The summed E-state index contributed by atoms with van der Waals surface area (Å²) in [5.74, 6) is 0.164. The van der Waals surface area contributed by atoms with Crippen LogP contribution in [0, 0.1) is 5.92 Å². The van der Waals surface area contributed by atoms with Gasteiger partial charge in [0.2, 0.25) is 0 Å². The van der Waals surface area contributed by atoms with Crippen LogP contribution in [0.4, 0.5) is 0 Å². The first-order valence-corrected chi connectivity index (χ1v) is 9.04. The maximum absolute atomic E-state index is 12.0. The van der Waals surface area contributed by atoms with Crippen LogP contribution in [0.2, 0.25) is 0 Å². The van der Waals surface area contributed by atoms with Crippen molar-refractivity contribution in [2.75, 3.05) is 6.61 Å². The highest BCUT2D eigenvalue weighted by Gasteiger charge is 2.21. The lowest BCUT2D eigenvalue weighted by molar-refractivity contribution is 0.0452. The predicted octanol–water partition coefficient (Wildman–Crippen LogP) is 2.78. The molecule has 1 saturated carbocycles. The number of carbonyl (C=O) groups excluding carboxylic acids is 1. The molecule has 1 aliphatic carbocycles. The number of aryl methyl sites for hydroxylation is 1. The average molecular weight is 320 g/mol. The van der Waals surface area contributed by atoms with Crippen molar-refractivity contribution in [3.05, 3.63) is 18.0 Å². The van der Waals surface area contributed by atoms with Crippen LogP contribution in [-0.2, 0) is 20.3 Å². The van der Waals surface area contributed by atoms with Gasteiger partial charge in [-0.3, -0.25) is 0 Å². The van der Waals surface area contributed by atoms with Crippen LogP contribution in [0.3, 0.4) is 0 Å². The van der Waals surface area contributed by atoms with E-state index in [0.29, 0.717) is 19.1 Å². The first-order valence-electron chi connectivity index (χ1n) is 6.73. The fourth-order valence-corrected chi connectivity index (χ4v) is 2.98. The minimum absolute atomic E-state index is 0.0769. The van der Waals surface area contributed by atoms with Gasteiger partial charge in [-0.15, -0.1) is 0 Å². The van der Waals surface area contributed by atoms with E-state index < -0.39 is 15.0 Å². The average Bonchev–Trinajstić information content (AvgIpc) is 2.75. The third-order valence-electron chi connectivity index (χ3n) is 3.69. The van der Waals surface area contributed by atoms with Gasteiger partial charge in [0, 0.05) is 23.4 Å². The Balaban J connectivity index is 2.02. The molecular weight excluding hydrogens is 302 g/mol. The fourth-order valence-electron chi connectivity index (χ4n) is 2.22. The van der Waals surface area contributed by atoms with E-state index in [1.165, 1.54) is 36.1 Å². The lowest BCUT2D eigenvalue weighted by Crippen LogP contribution is -2.17. The molecule has 1 heterocycles. The minimum atomic E-state index is -3.83. The van der Waals surface area contributed by atoms with Crippen LogP contribution in [0.5, 0.6) is 0 Å². The van der Waals surface area contributed by atoms with E-state index in [0.717, 1.165) is 6.42 Å². The fraction of sp³-hybridized carbons (Fsp3) is 0.615. The first-order chi connectivity index (χ1) is 9.41. The Labute approximate surface area is 123 Å². The molecule has 0 N–H and O–H groups in total. The van der Waals surface area contributed by atoms with Crippen molar-refractivity contribution in [3.8, 4) is 0 Å². The van der Waals surface area contributed by atoms with Gasteiger partial charge in [-0.05, 0) is 25.3 Å². The molecular formula is C13H18ClNO4S. The Morgan fingerprint density at radius 2 is 2.20 bits per heavy atom. The summed E-state index contributed by atoms with van der Waals surface area (Å²) in [6.45, 7) is 2.66. The van der Waals surface area contributed by atoms with Crippen molar-refractivity contribution in [1.29, 1.82) is 0 Å². The third-order valence-corrected chi connectivity index (χ3v) is 5.01. The molecule has 0 unspecified atom stereocenters. The lowest BCUT2D eigenvalue weighted by Gasteiger charge is -2.24. The van der Waals surface area contributed by atoms with Gasteiger partial charge < -0.3 is 9.30 Å². The maximum Gasteiger partial charge on any atom is 0.354 e. The van der Waals surface area contributed by atoms with Crippen LogP contribution in [0.1, 0.15) is 43.1 Å². The van der Waals surface area contributed by atoms with Gasteiger partial charge in [-0.2, -0.15) is 0 Å². The molecule has 0 bridgehead atoms. The molecule has 112 valence electrons. The van der Waals surface area contributed by atoms with Crippen LogP contribution in [0.15, 0.2) is 17.2 Å². The Morgan fingerprint density at radius 3 is 2.70 bits per heavy atom. The first kappa shape index (κ1) is 15.4. The number of hydrogen-bond acceptors (Lipinski definition) is 4. The Kier molecular flexibility index (Phi) is 4.75. The highest BCUT2D eigenvalue weighted by molar-refractivity contribution is 8.13. The van der Waals surface area contributed by atoms with E-state index >= 15 is 0 Å². The Hall–Kier alpha value is -1.01. The zero-order valence-electron chi connectivity index (χ0n) is 11.3. The Morgan fingerprint density at radius 1 is 1.50 bits per heavy atom. The summed E-state index contributed by atoms with van der Waals surface area (Å²) in [6.07, 6.45) is 5.90. The SMILES string of the molecule is CCn1cc(S(=O)(=O)Cl)cc1C(=O)OCCC1CCC1. The number of ether oxygens (including phenoxy) is 1. The van der Waals surface area contributed by atoms with Crippen molar-refractivity contribution in [2.24, 2.45) is 5.92 Å². The predicted molar refractivity (Wildman–Crippen MR) is 75.4 cm³/mol. The van der Waals surface area contributed by atoms with E-state index in [2.05, 4.69) is 0 Å². The molecule has 0 saturated heterocycles. The highest BCUT2D eigenvalue weighted by atomic mass is 35.7. The minimum Gasteiger partial charge on any atom is -0.461 e. The number of hydrogen-bond donors (Lipinski definition) is 0. The number of esters is 1. The summed E-state index contributed by atoms with van der Waals surface area (Å²) in [7, 11) is 1.45. The molecule has 1 aromatic rings. The summed E-state index contributed by atoms with van der Waals surface area (Å²) >= 11 is 0. The van der Waals surface area contributed by atoms with E-state index in [4.69, 9.17) is 15.4 Å². The zero-order chi connectivity index (χ0) is 14.8. The van der Waals surface area contributed by atoms with E-state index in [9.17, 15) is 13.2 Å². The van der Waals surface area contributed by atoms with Crippen molar-refractivity contribution >= 4 is 25.7 Å². The molecule has 1 aliphatic rings. The van der Waals surface area contributed by atoms with Crippen LogP contribution >= 0.6 is 10.7 Å². The molecule has 7 heteroatoms. The highest BCUT2D eigenvalue weighted by Crippen LogP contribution is 2.29. The summed E-state index contributed by atoms with van der Waals surface area (Å²) in [6, 6.07) is 1.26. The second-order valence-electron chi connectivity index (χ2n) is 5.01. The van der Waals surface area contributed by atoms with Gasteiger partial charge in [0.1, 0.15) is 10.6 Å². The molecule has 1 aromatic heterocycles. The molecule has 0 amide bonds. The smallest absolute Gasteiger partial charge is 0.354 e. The topological polar surface area (TPSA) is 65.4 Å². The summed E-state index contributed by atoms with van der Waals surface area (Å²) in [5, 5.41) is 0. The molecule has 20 heavy (non-hydrogen) atoms. The second-order valence-corrected chi connectivity index (χ2v) is 7.57. The van der Waals surface area contributed by atoms with E-state index in [1.54, 1.807) is 0 Å². The largest absolute Gasteiger partial charge is 0.461 e. The monoisotopic (exact) mass is 319 g/mol. The molecule has 0 radical (unpaired) electrons. The standard InChI is InChI=1S/C13H18ClNO4S/c1-2-15-9-11(20(14,17)18)8-12(15)13(16)19-7-6-10-4-3-5-10/h8-10H,2-7H2,1H3. The number of aromatic nitrogens is 1. The Bertz CT molecular complexity index is 590. The normalized spacial score (nSPS) is 15.9. The molecule has 2 rings (SSSR count). The van der Waals surface area contributed by atoms with E-state index in [-0.39, 0.29) is 10.6 Å². The van der Waals surface area contributed by atoms with Gasteiger partial charge in [-0.1, -0.05) is 19.3 Å². The molecule has 0 aromatic carbocycles. The van der Waals surface area contributed by atoms with Gasteiger partial charge in [-0.25, -0.2) is 13.2 Å². The van der Waals surface area contributed by atoms with Crippen molar-refractivity contribution in [3.63, 3.8) is 0 Å². The number of nitrogens with zero attached hydrogens (tertiary/aromatic N) is 1. The molecule has 0 atom stereocenters. The van der Waals surface area contributed by atoms with E-state index in [1.807, 2.05) is 6.92 Å². The maximum atomic E-state index is 12.0. The molecule has 0 aliphatic heterocycles. The number of rotatable bonds is 6. The molecule has 0 spiro atoms.